The number of para-hydroxylation sites is 1. The first-order valence-corrected chi connectivity index (χ1v) is 7.74. The summed E-state index contributed by atoms with van der Waals surface area (Å²) in [6.45, 7) is 3.91. The molecule has 2 aromatic carbocycles. The maximum Gasteiger partial charge on any atom is 0.122 e. The Morgan fingerprint density at radius 3 is 2.95 bits per heavy atom. The molecule has 0 amide bonds. The third-order valence-electron chi connectivity index (χ3n) is 3.82. The van der Waals surface area contributed by atoms with Crippen molar-refractivity contribution in [1.82, 2.24) is 5.32 Å². The van der Waals surface area contributed by atoms with Gasteiger partial charge in [-0.25, -0.2) is 0 Å². The van der Waals surface area contributed by atoms with Crippen molar-refractivity contribution >= 4 is 15.9 Å². The summed E-state index contributed by atoms with van der Waals surface area (Å²) < 4.78 is 6.84. The summed E-state index contributed by atoms with van der Waals surface area (Å²) in [7, 11) is 0. The van der Waals surface area contributed by atoms with E-state index < -0.39 is 0 Å². The van der Waals surface area contributed by atoms with Crippen LogP contribution in [0, 0.1) is 0 Å². The van der Waals surface area contributed by atoms with E-state index in [1.54, 1.807) is 0 Å². The molecule has 2 aromatic rings. The Morgan fingerprint density at radius 1 is 1.25 bits per heavy atom. The van der Waals surface area contributed by atoms with E-state index in [9.17, 15) is 0 Å². The number of rotatable bonds is 4. The third kappa shape index (κ3) is 2.89. The van der Waals surface area contributed by atoms with Crippen LogP contribution in [0.4, 0.5) is 0 Å². The van der Waals surface area contributed by atoms with E-state index in [0.29, 0.717) is 12.0 Å². The lowest BCUT2D eigenvalue weighted by molar-refractivity contribution is 0.323. The topological polar surface area (TPSA) is 21.3 Å². The minimum atomic E-state index is 0.334. The van der Waals surface area contributed by atoms with Crippen LogP contribution in [-0.4, -0.2) is 13.2 Å². The quantitative estimate of drug-likeness (QED) is 0.902. The minimum Gasteiger partial charge on any atom is -0.493 e. The highest BCUT2D eigenvalue weighted by atomic mass is 79.9. The molecule has 3 heteroatoms. The van der Waals surface area contributed by atoms with Crippen molar-refractivity contribution in [2.24, 2.45) is 0 Å². The van der Waals surface area contributed by atoms with Crippen LogP contribution in [0.2, 0.25) is 0 Å². The van der Waals surface area contributed by atoms with Crippen molar-refractivity contribution < 1.29 is 4.74 Å². The van der Waals surface area contributed by atoms with E-state index in [1.807, 2.05) is 12.1 Å². The summed E-state index contributed by atoms with van der Waals surface area (Å²) in [5.41, 5.74) is 2.62. The summed E-state index contributed by atoms with van der Waals surface area (Å²) in [5.74, 6) is 1.48. The zero-order chi connectivity index (χ0) is 13.9. The second kappa shape index (κ2) is 5.98. The van der Waals surface area contributed by atoms with E-state index in [4.69, 9.17) is 4.74 Å². The van der Waals surface area contributed by atoms with Gasteiger partial charge in [0, 0.05) is 28.5 Å². The van der Waals surface area contributed by atoms with Gasteiger partial charge in [-0.15, -0.1) is 0 Å². The predicted molar refractivity (Wildman–Crippen MR) is 85.2 cm³/mol. The van der Waals surface area contributed by atoms with Crippen molar-refractivity contribution in [2.45, 2.75) is 18.9 Å². The summed E-state index contributed by atoms with van der Waals surface area (Å²) >= 11 is 3.52. The third-order valence-corrected chi connectivity index (χ3v) is 4.31. The number of hydrogen-bond acceptors (Lipinski definition) is 2. The summed E-state index contributed by atoms with van der Waals surface area (Å²) in [5, 5.41) is 3.61. The molecule has 1 unspecified atom stereocenters. The molecule has 0 saturated heterocycles. The average Bonchev–Trinajstić information content (AvgIpc) is 2.88. The molecule has 0 spiro atoms. The lowest BCUT2D eigenvalue weighted by Gasteiger charge is -2.17. The molecule has 1 heterocycles. The van der Waals surface area contributed by atoms with Gasteiger partial charge < -0.3 is 10.1 Å². The molecule has 0 radical (unpaired) electrons. The molecule has 2 atom stereocenters. The fraction of sp³-hybridized carbons (Fsp3) is 0.294. The fourth-order valence-corrected chi connectivity index (χ4v) is 3.03. The first kappa shape index (κ1) is 13.7. The Balaban J connectivity index is 1.63. The second-order valence-corrected chi connectivity index (χ2v) is 6.15. The molecule has 0 aromatic heterocycles. The Hall–Kier alpha value is -1.32. The van der Waals surface area contributed by atoms with Crippen LogP contribution in [0.25, 0.3) is 0 Å². The summed E-state index contributed by atoms with van der Waals surface area (Å²) in [4.78, 5) is 0. The van der Waals surface area contributed by atoms with E-state index in [2.05, 4.69) is 64.6 Å². The summed E-state index contributed by atoms with van der Waals surface area (Å²) in [6.07, 6.45) is 0. The Bertz CT molecular complexity index is 599. The van der Waals surface area contributed by atoms with Crippen molar-refractivity contribution in [3.63, 3.8) is 0 Å². The SMILES string of the molecule is C[C@@H](NCC1COc2ccccc21)c1cccc(Br)c1. The number of halogens is 1. The van der Waals surface area contributed by atoms with Crippen LogP contribution in [0.1, 0.15) is 30.0 Å². The van der Waals surface area contributed by atoms with Crippen LogP contribution in [0.3, 0.4) is 0 Å². The zero-order valence-electron chi connectivity index (χ0n) is 11.5. The smallest absolute Gasteiger partial charge is 0.122 e. The molecule has 104 valence electrons. The van der Waals surface area contributed by atoms with Gasteiger partial charge in [-0.05, 0) is 30.7 Å². The van der Waals surface area contributed by atoms with Crippen LogP contribution < -0.4 is 10.1 Å². The van der Waals surface area contributed by atoms with Gasteiger partial charge in [-0.3, -0.25) is 0 Å². The molecule has 3 rings (SSSR count). The number of nitrogens with one attached hydrogen (secondary N) is 1. The largest absolute Gasteiger partial charge is 0.493 e. The molecule has 0 fully saturated rings. The Labute approximate surface area is 128 Å². The van der Waals surface area contributed by atoms with Crippen molar-refractivity contribution in [2.75, 3.05) is 13.2 Å². The van der Waals surface area contributed by atoms with E-state index in [-0.39, 0.29) is 0 Å². The highest BCUT2D eigenvalue weighted by molar-refractivity contribution is 9.10. The average molecular weight is 332 g/mol. The van der Waals surface area contributed by atoms with Gasteiger partial charge in [0.1, 0.15) is 5.75 Å². The van der Waals surface area contributed by atoms with Crippen molar-refractivity contribution in [3.8, 4) is 5.75 Å². The normalized spacial score (nSPS) is 18.4. The molecule has 0 saturated carbocycles. The molecular weight excluding hydrogens is 314 g/mol. The van der Waals surface area contributed by atoms with E-state index >= 15 is 0 Å². The lowest BCUT2D eigenvalue weighted by Crippen LogP contribution is -2.25. The van der Waals surface area contributed by atoms with Gasteiger partial charge in [0.05, 0.1) is 6.61 Å². The van der Waals surface area contributed by atoms with Crippen molar-refractivity contribution in [1.29, 1.82) is 0 Å². The number of ether oxygens (including phenoxy) is 1. The van der Waals surface area contributed by atoms with E-state index in [0.717, 1.165) is 23.4 Å². The monoisotopic (exact) mass is 331 g/mol. The standard InChI is InChI=1S/C17H18BrNO/c1-12(13-5-4-6-15(18)9-13)19-10-14-11-20-17-8-3-2-7-16(14)17/h2-9,12,14,19H,10-11H2,1H3/t12-,14?/m1/s1. The molecule has 1 aliphatic heterocycles. The van der Waals surface area contributed by atoms with Gasteiger partial charge >= 0.3 is 0 Å². The van der Waals surface area contributed by atoms with Crippen molar-refractivity contribution in [3.05, 3.63) is 64.1 Å². The van der Waals surface area contributed by atoms with Crippen LogP contribution in [0.5, 0.6) is 5.75 Å². The van der Waals surface area contributed by atoms with E-state index in [1.165, 1.54) is 11.1 Å². The molecule has 20 heavy (non-hydrogen) atoms. The molecule has 0 bridgehead atoms. The summed E-state index contributed by atoms with van der Waals surface area (Å²) in [6, 6.07) is 17.1. The first-order valence-electron chi connectivity index (χ1n) is 6.94. The number of fused-ring (bicyclic) bond motifs is 1. The highest BCUT2D eigenvalue weighted by Crippen LogP contribution is 2.33. The molecule has 0 aliphatic carbocycles. The molecule has 2 nitrogen and oxygen atoms in total. The van der Waals surface area contributed by atoms with Gasteiger partial charge in [0.15, 0.2) is 0 Å². The minimum absolute atomic E-state index is 0.334. The van der Waals surface area contributed by atoms with Gasteiger partial charge in [-0.2, -0.15) is 0 Å². The van der Waals surface area contributed by atoms with Crippen LogP contribution >= 0.6 is 15.9 Å². The maximum absolute atomic E-state index is 5.72. The Kier molecular flexibility index (Phi) is 4.08. The van der Waals surface area contributed by atoms with Crippen LogP contribution in [0.15, 0.2) is 53.0 Å². The highest BCUT2D eigenvalue weighted by Gasteiger charge is 2.23. The van der Waals surface area contributed by atoms with Crippen LogP contribution in [-0.2, 0) is 0 Å². The molecule has 1 aliphatic rings. The van der Waals surface area contributed by atoms with Gasteiger partial charge in [0.2, 0.25) is 0 Å². The zero-order valence-corrected chi connectivity index (χ0v) is 13.1. The molecular formula is C17H18BrNO. The second-order valence-electron chi connectivity index (χ2n) is 5.23. The maximum atomic E-state index is 5.72. The number of hydrogen-bond donors (Lipinski definition) is 1. The van der Waals surface area contributed by atoms with Gasteiger partial charge in [0.25, 0.3) is 0 Å². The van der Waals surface area contributed by atoms with Gasteiger partial charge in [-0.1, -0.05) is 46.3 Å². The Morgan fingerprint density at radius 2 is 2.10 bits per heavy atom. The molecule has 1 N–H and O–H groups in total. The fourth-order valence-electron chi connectivity index (χ4n) is 2.61. The first-order chi connectivity index (χ1) is 9.74. The predicted octanol–water partition coefficient (Wildman–Crippen LogP) is 4.28. The number of benzene rings is 2. The lowest BCUT2D eigenvalue weighted by atomic mass is 10.0.